The second kappa shape index (κ2) is 8.03. The van der Waals surface area contributed by atoms with Crippen LogP contribution in [0.15, 0.2) is 73.1 Å². The quantitative estimate of drug-likeness (QED) is 0.534. The second-order valence-corrected chi connectivity index (χ2v) is 7.71. The average molecular weight is 396 g/mol. The Morgan fingerprint density at radius 1 is 1.07 bits per heavy atom. The van der Waals surface area contributed by atoms with Gasteiger partial charge in [0.25, 0.3) is 5.91 Å². The van der Waals surface area contributed by atoms with Crippen LogP contribution >= 0.6 is 0 Å². The van der Waals surface area contributed by atoms with Crippen molar-refractivity contribution < 1.29 is 4.79 Å². The van der Waals surface area contributed by atoms with E-state index in [0.717, 1.165) is 37.3 Å². The van der Waals surface area contributed by atoms with Gasteiger partial charge < -0.3 is 15.2 Å². The number of anilines is 1. The van der Waals surface area contributed by atoms with Crippen LogP contribution in [-0.4, -0.2) is 29.0 Å². The van der Waals surface area contributed by atoms with Crippen LogP contribution in [0.5, 0.6) is 0 Å². The fourth-order valence-electron chi connectivity index (χ4n) is 4.18. The molecule has 30 heavy (non-hydrogen) atoms. The number of benzene rings is 2. The zero-order chi connectivity index (χ0) is 20.3. The highest BCUT2D eigenvalue weighted by molar-refractivity contribution is 5.94. The summed E-state index contributed by atoms with van der Waals surface area (Å²) in [6.45, 7) is 2.33. The molecule has 0 bridgehead atoms. The summed E-state index contributed by atoms with van der Waals surface area (Å²) >= 11 is 0. The molecule has 2 aromatic heterocycles. The predicted molar refractivity (Wildman–Crippen MR) is 120 cm³/mol. The number of nitrogens with one attached hydrogen (secondary N) is 2. The number of fused-ring (bicyclic) bond motifs is 2. The number of hydrogen-bond acceptors (Lipinski definition) is 3. The minimum absolute atomic E-state index is 0.0594. The lowest BCUT2D eigenvalue weighted by Crippen LogP contribution is -2.31. The SMILES string of the molecule is O=C(NCCc1c[nH]c2ccccc12)c1ccnc(N2CCc3ccccc3C2)c1. The average Bonchev–Trinajstić information content (AvgIpc) is 3.22. The van der Waals surface area contributed by atoms with E-state index in [0.29, 0.717) is 12.1 Å². The van der Waals surface area contributed by atoms with E-state index >= 15 is 0 Å². The highest BCUT2D eigenvalue weighted by Crippen LogP contribution is 2.23. The zero-order valence-electron chi connectivity index (χ0n) is 16.8. The minimum Gasteiger partial charge on any atom is -0.361 e. The van der Waals surface area contributed by atoms with E-state index in [-0.39, 0.29) is 5.91 Å². The van der Waals surface area contributed by atoms with Crippen LogP contribution in [0.1, 0.15) is 27.0 Å². The molecule has 3 heterocycles. The van der Waals surface area contributed by atoms with Gasteiger partial charge in [-0.25, -0.2) is 4.98 Å². The van der Waals surface area contributed by atoms with Gasteiger partial charge in [0.05, 0.1) is 0 Å². The number of aromatic amines is 1. The number of pyridine rings is 1. The third kappa shape index (κ3) is 3.66. The van der Waals surface area contributed by atoms with Crippen LogP contribution in [0, 0.1) is 0 Å². The van der Waals surface area contributed by atoms with E-state index < -0.39 is 0 Å². The summed E-state index contributed by atoms with van der Waals surface area (Å²) in [5, 5.41) is 4.26. The largest absolute Gasteiger partial charge is 0.361 e. The summed E-state index contributed by atoms with van der Waals surface area (Å²) in [6.07, 6.45) is 5.54. The number of nitrogens with zero attached hydrogens (tertiary/aromatic N) is 2. The molecule has 1 aliphatic rings. The first-order valence-electron chi connectivity index (χ1n) is 10.4. The summed E-state index contributed by atoms with van der Waals surface area (Å²) in [5.74, 6) is 0.796. The monoisotopic (exact) mass is 396 g/mol. The number of H-pyrrole nitrogens is 1. The molecule has 0 radical (unpaired) electrons. The fraction of sp³-hybridized carbons (Fsp3) is 0.200. The first-order chi connectivity index (χ1) is 14.8. The number of carbonyl (C=O) groups excluding carboxylic acids is 1. The van der Waals surface area contributed by atoms with Crippen molar-refractivity contribution in [2.75, 3.05) is 18.0 Å². The maximum atomic E-state index is 12.7. The Morgan fingerprint density at radius 2 is 1.90 bits per heavy atom. The highest BCUT2D eigenvalue weighted by atomic mass is 16.1. The molecular formula is C25H24N4O. The zero-order valence-corrected chi connectivity index (χ0v) is 16.8. The predicted octanol–water partition coefficient (Wildman–Crippen LogP) is 4.10. The summed E-state index contributed by atoms with van der Waals surface area (Å²) in [7, 11) is 0. The molecule has 5 nitrogen and oxygen atoms in total. The molecule has 5 rings (SSSR count). The van der Waals surface area contributed by atoms with E-state index in [1.165, 1.54) is 22.1 Å². The van der Waals surface area contributed by atoms with Gasteiger partial charge in [-0.1, -0.05) is 42.5 Å². The van der Waals surface area contributed by atoms with E-state index in [9.17, 15) is 4.79 Å². The maximum Gasteiger partial charge on any atom is 0.251 e. The lowest BCUT2D eigenvalue weighted by atomic mass is 10.00. The third-order valence-electron chi connectivity index (χ3n) is 5.82. The van der Waals surface area contributed by atoms with Crippen molar-refractivity contribution >= 4 is 22.6 Å². The number of para-hydroxylation sites is 1. The van der Waals surface area contributed by atoms with Crippen molar-refractivity contribution in [2.24, 2.45) is 0 Å². The van der Waals surface area contributed by atoms with Crippen molar-refractivity contribution in [3.05, 3.63) is 95.3 Å². The molecule has 1 aliphatic heterocycles. The van der Waals surface area contributed by atoms with Gasteiger partial charge in [0.2, 0.25) is 0 Å². The first-order valence-corrected chi connectivity index (χ1v) is 10.4. The number of rotatable bonds is 5. The Labute approximate surface area is 175 Å². The van der Waals surface area contributed by atoms with Gasteiger partial charge in [-0.05, 0) is 47.7 Å². The Hall–Kier alpha value is -3.60. The molecule has 0 saturated carbocycles. The molecule has 4 aromatic rings. The maximum absolute atomic E-state index is 12.7. The van der Waals surface area contributed by atoms with Gasteiger partial charge in [-0.2, -0.15) is 0 Å². The third-order valence-corrected chi connectivity index (χ3v) is 5.82. The number of carbonyl (C=O) groups is 1. The topological polar surface area (TPSA) is 61.0 Å². The van der Waals surface area contributed by atoms with Crippen LogP contribution in [0.4, 0.5) is 5.82 Å². The molecule has 0 fully saturated rings. The normalized spacial score (nSPS) is 13.3. The van der Waals surface area contributed by atoms with Gasteiger partial charge in [0, 0.05) is 48.5 Å². The standard InChI is InChI=1S/C25H24N4O/c30-25(27-13-10-20-16-28-23-8-4-3-7-22(20)23)19-9-12-26-24(15-19)29-14-11-18-5-1-2-6-21(18)17-29/h1-9,12,15-16,28H,10-11,13-14,17H2,(H,27,30). The van der Waals surface area contributed by atoms with Gasteiger partial charge in [0.1, 0.15) is 5.82 Å². The van der Waals surface area contributed by atoms with Crippen molar-refractivity contribution in [3.8, 4) is 0 Å². The number of aromatic nitrogens is 2. The van der Waals surface area contributed by atoms with E-state index in [2.05, 4.69) is 56.6 Å². The van der Waals surface area contributed by atoms with Crippen molar-refractivity contribution in [1.29, 1.82) is 0 Å². The second-order valence-electron chi connectivity index (χ2n) is 7.71. The van der Waals surface area contributed by atoms with Crippen LogP contribution < -0.4 is 10.2 Å². The lowest BCUT2D eigenvalue weighted by molar-refractivity contribution is 0.0954. The van der Waals surface area contributed by atoms with E-state index in [1.54, 1.807) is 12.3 Å². The number of hydrogen-bond donors (Lipinski definition) is 2. The molecule has 0 aliphatic carbocycles. The molecule has 0 unspecified atom stereocenters. The Kier molecular flexibility index (Phi) is 4.93. The van der Waals surface area contributed by atoms with Gasteiger partial charge in [-0.3, -0.25) is 4.79 Å². The molecule has 2 N–H and O–H groups in total. The Balaban J connectivity index is 1.23. The minimum atomic E-state index is -0.0594. The molecule has 2 aromatic carbocycles. The van der Waals surface area contributed by atoms with Gasteiger partial charge in [-0.15, -0.1) is 0 Å². The molecule has 0 spiro atoms. The van der Waals surface area contributed by atoms with E-state index in [4.69, 9.17) is 0 Å². The molecule has 5 heteroatoms. The molecule has 0 saturated heterocycles. The van der Waals surface area contributed by atoms with Crippen LogP contribution in [0.3, 0.4) is 0 Å². The highest BCUT2D eigenvalue weighted by Gasteiger charge is 2.18. The summed E-state index contributed by atoms with van der Waals surface area (Å²) in [4.78, 5) is 22.7. The smallest absolute Gasteiger partial charge is 0.251 e. The van der Waals surface area contributed by atoms with Crippen molar-refractivity contribution in [3.63, 3.8) is 0 Å². The van der Waals surface area contributed by atoms with E-state index in [1.807, 2.05) is 24.4 Å². The molecule has 1 amide bonds. The van der Waals surface area contributed by atoms with Gasteiger partial charge >= 0.3 is 0 Å². The summed E-state index contributed by atoms with van der Waals surface area (Å²) < 4.78 is 0. The van der Waals surface area contributed by atoms with Crippen molar-refractivity contribution in [2.45, 2.75) is 19.4 Å². The van der Waals surface area contributed by atoms with Crippen molar-refractivity contribution in [1.82, 2.24) is 15.3 Å². The fourth-order valence-corrected chi connectivity index (χ4v) is 4.18. The number of amides is 1. The summed E-state index contributed by atoms with van der Waals surface area (Å²) in [5.41, 5.74) is 5.73. The van der Waals surface area contributed by atoms with Gasteiger partial charge in [0.15, 0.2) is 0 Å². The lowest BCUT2D eigenvalue weighted by Gasteiger charge is -2.29. The summed E-state index contributed by atoms with van der Waals surface area (Å²) in [6, 6.07) is 20.4. The molecular weight excluding hydrogens is 372 g/mol. The van der Waals surface area contributed by atoms with Crippen LogP contribution in [-0.2, 0) is 19.4 Å². The molecule has 0 atom stereocenters. The van der Waals surface area contributed by atoms with Crippen LogP contribution in [0.25, 0.3) is 10.9 Å². The Morgan fingerprint density at radius 3 is 2.83 bits per heavy atom. The van der Waals surface area contributed by atoms with Crippen LogP contribution in [0.2, 0.25) is 0 Å². The first kappa shape index (κ1) is 18.4. The Bertz CT molecular complexity index is 1200. The molecule has 150 valence electrons.